The summed E-state index contributed by atoms with van der Waals surface area (Å²) >= 11 is 0. The van der Waals surface area contributed by atoms with Gasteiger partial charge < -0.3 is 10.5 Å². The molecule has 0 spiro atoms. The number of ether oxygens (including phenoxy) is 1. The van der Waals surface area contributed by atoms with E-state index in [0.29, 0.717) is 19.6 Å². The number of aryl methyl sites for hydroxylation is 1. The van der Waals surface area contributed by atoms with Crippen molar-refractivity contribution in [1.29, 1.82) is 0 Å². The van der Waals surface area contributed by atoms with Crippen LogP contribution in [0.2, 0.25) is 0 Å². The minimum absolute atomic E-state index is 0.232. The van der Waals surface area contributed by atoms with Gasteiger partial charge in [-0.1, -0.05) is 97.1 Å². The van der Waals surface area contributed by atoms with E-state index in [4.69, 9.17) is 10.5 Å². The first-order valence-electron chi connectivity index (χ1n) is 11.7. The van der Waals surface area contributed by atoms with Crippen LogP contribution in [0.4, 0.5) is 4.39 Å². The smallest absolute Gasteiger partial charge is 0.123 e. The van der Waals surface area contributed by atoms with Crippen LogP contribution in [0.5, 0.6) is 0 Å². The van der Waals surface area contributed by atoms with Crippen LogP contribution in [-0.2, 0) is 17.6 Å². The van der Waals surface area contributed by atoms with Crippen LogP contribution in [0, 0.1) is 5.82 Å². The molecule has 0 radical (unpaired) electrons. The monoisotopic (exact) mass is 451 g/mol. The highest BCUT2D eigenvalue weighted by molar-refractivity contribution is 5.75. The van der Waals surface area contributed by atoms with Gasteiger partial charge in [0.25, 0.3) is 0 Å². The third kappa shape index (κ3) is 6.21. The Morgan fingerprint density at radius 1 is 0.735 bits per heavy atom. The lowest BCUT2D eigenvalue weighted by molar-refractivity contribution is 0.212. The molecule has 0 aliphatic heterocycles. The fourth-order valence-electron chi connectivity index (χ4n) is 4.17. The number of hydrogen-bond acceptors (Lipinski definition) is 2. The van der Waals surface area contributed by atoms with Crippen molar-refractivity contribution in [2.75, 3.05) is 13.2 Å². The summed E-state index contributed by atoms with van der Waals surface area (Å²) in [7, 11) is 0. The van der Waals surface area contributed by atoms with Gasteiger partial charge in [0.2, 0.25) is 0 Å². The molecule has 0 aliphatic rings. The second kappa shape index (κ2) is 12.0. The summed E-state index contributed by atoms with van der Waals surface area (Å²) in [6, 6.07) is 35.8. The van der Waals surface area contributed by atoms with E-state index in [2.05, 4.69) is 66.7 Å². The molecule has 4 aromatic carbocycles. The third-order valence-electron chi connectivity index (χ3n) is 5.88. The number of benzene rings is 4. The third-order valence-corrected chi connectivity index (χ3v) is 5.88. The highest BCUT2D eigenvalue weighted by atomic mass is 19.1. The molecule has 4 rings (SSSR count). The van der Waals surface area contributed by atoms with Crippen molar-refractivity contribution in [3.8, 4) is 11.1 Å². The maximum absolute atomic E-state index is 13.5. The predicted octanol–water partition coefficient (Wildman–Crippen LogP) is 7.05. The second-order valence-corrected chi connectivity index (χ2v) is 8.23. The molecule has 172 valence electrons. The SMILES string of the molecule is NCCO/C(CCc1ccccc1)=C(/Cc1ccccc1-c1ccc(F)cc1)c1ccccc1. The van der Waals surface area contributed by atoms with Crippen molar-refractivity contribution in [2.24, 2.45) is 5.73 Å². The van der Waals surface area contributed by atoms with Gasteiger partial charge in [0, 0.05) is 25.0 Å². The van der Waals surface area contributed by atoms with Crippen molar-refractivity contribution >= 4 is 5.57 Å². The zero-order valence-corrected chi connectivity index (χ0v) is 19.3. The zero-order valence-electron chi connectivity index (χ0n) is 19.3. The van der Waals surface area contributed by atoms with Gasteiger partial charge in [-0.15, -0.1) is 0 Å². The van der Waals surface area contributed by atoms with Crippen LogP contribution in [-0.4, -0.2) is 13.2 Å². The molecule has 0 aliphatic carbocycles. The molecule has 3 heteroatoms. The van der Waals surface area contributed by atoms with Gasteiger partial charge in [-0.2, -0.15) is 0 Å². The molecule has 0 amide bonds. The molecule has 4 aromatic rings. The Balaban J connectivity index is 1.75. The summed E-state index contributed by atoms with van der Waals surface area (Å²) < 4.78 is 19.8. The Morgan fingerprint density at radius 2 is 1.38 bits per heavy atom. The Kier molecular flexibility index (Phi) is 8.26. The topological polar surface area (TPSA) is 35.2 Å². The van der Waals surface area contributed by atoms with Gasteiger partial charge in [-0.3, -0.25) is 0 Å². The number of rotatable bonds is 10. The fourth-order valence-corrected chi connectivity index (χ4v) is 4.17. The predicted molar refractivity (Wildman–Crippen MR) is 139 cm³/mol. The molecule has 0 unspecified atom stereocenters. The van der Waals surface area contributed by atoms with Gasteiger partial charge in [0.1, 0.15) is 11.6 Å². The van der Waals surface area contributed by atoms with E-state index in [1.165, 1.54) is 23.3 Å². The average Bonchev–Trinajstić information content (AvgIpc) is 2.89. The van der Waals surface area contributed by atoms with Gasteiger partial charge >= 0.3 is 0 Å². The average molecular weight is 452 g/mol. The lowest BCUT2D eigenvalue weighted by Crippen LogP contribution is -2.11. The van der Waals surface area contributed by atoms with E-state index in [9.17, 15) is 4.39 Å². The molecular formula is C31H30FNO. The van der Waals surface area contributed by atoms with Crippen molar-refractivity contribution in [2.45, 2.75) is 19.3 Å². The molecule has 0 aromatic heterocycles. The molecule has 34 heavy (non-hydrogen) atoms. The molecule has 0 atom stereocenters. The Morgan fingerprint density at radius 3 is 2.09 bits per heavy atom. The maximum Gasteiger partial charge on any atom is 0.123 e. The summed E-state index contributed by atoms with van der Waals surface area (Å²) in [4.78, 5) is 0. The normalized spacial score (nSPS) is 11.7. The standard InChI is InChI=1S/C31H30FNO/c32-28-18-16-26(17-19-28)29-14-8-7-13-27(29)23-30(25-11-5-2-6-12-25)31(34-22-21-33)20-15-24-9-3-1-4-10-24/h1-14,16-19H,15,20-23,33H2/b31-30-. The molecule has 2 N–H and O–H groups in total. The summed E-state index contributed by atoms with van der Waals surface area (Å²) in [6.07, 6.45) is 2.37. The van der Waals surface area contributed by atoms with E-state index >= 15 is 0 Å². The van der Waals surface area contributed by atoms with E-state index in [1.807, 2.05) is 30.3 Å². The summed E-state index contributed by atoms with van der Waals surface area (Å²) in [6.45, 7) is 0.934. The molecule has 0 fully saturated rings. The number of halogens is 1. The zero-order chi connectivity index (χ0) is 23.6. The summed E-state index contributed by atoms with van der Waals surface area (Å²) in [5.74, 6) is 0.735. The van der Waals surface area contributed by atoms with Crippen molar-refractivity contribution in [1.82, 2.24) is 0 Å². The molecule has 0 saturated heterocycles. The summed E-state index contributed by atoms with van der Waals surface area (Å²) in [5.41, 5.74) is 12.6. The lowest BCUT2D eigenvalue weighted by Gasteiger charge is -2.19. The maximum atomic E-state index is 13.5. The van der Waals surface area contributed by atoms with Gasteiger partial charge in [-0.25, -0.2) is 4.39 Å². The Hall–Kier alpha value is -3.69. The van der Waals surface area contributed by atoms with Gasteiger partial charge in [-0.05, 0) is 46.4 Å². The van der Waals surface area contributed by atoms with Gasteiger partial charge in [0.05, 0.1) is 6.61 Å². The molecule has 0 heterocycles. The van der Waals surface area contributed by atoms with E-state index < -0.39 is 0 Å². The van der Waals surface area contributed by atoms with Crippen LogP contribution in [0.15, 0.2) is 115 Å². The molecular weight excluding hydrogens is 421 g/mol. The Bertz CT molecular complexity index is 1200. The van der Waals surface area contributed by atoms with E-state index in [-0.39, 0.29) is 5.82 Å². The van der Waals surface area contributed by atoms with Crippen molar-refractivity contribution < 1.29 is 9.13 Å². The highest BCUT2D eigenvalue weighted by Gasteiger charge is 2.15. The van der Waals surface area contributed by atoms with Crippen LogP contribution >= 0.6 is 0 Å². The minimum atomic E-state index is -0.232. The first kappa shape index (κ1) is 23.5. The quantitative estimate of drug-likeness (QED) is 0.262. The van der Waals surface area contributed by atoms with Crippen LogP contribution < -0.4 is 5.73 Å². The molecule has 0 saturated carbocycles. The van der Waals surface area contributed by atoms with Crippen LogP contribution in [0.1, 0.15) is 23.1 Å². The summed E-state index contributed by atoms with van der Waals surface area (Å²) in [5, 5.41) is 0. The molecule has 2 nitrogen and oxygen atoms in total. The Labute approximate surface area is 201 Å². The first-order chi connectivity index (χ1) is 16.7. The lowest BCUT2D eigenvalue weighted by atomic mass is 9.90. The van der Waals surface area contributed by atoms with Crippen molar-refractivity contribution in [3.05, 3.63) is 137 Å². The first-order valence-corrected chi connectivity index (χ1v) is 11.7. The fraction of sp³-hybridized carbons (Fsp3) is 0.161. The van der Waals surface area contributed by atoms with Gasteiger partial charge in [0.15, 0.2) is 0 Å². The number of allylic oxidation sites excluding steroid dienone is 2. The van der Waals surface area contributed by atoms with E-state index in [1.54, 1.807) is 0 Å². The van der Waals surface area contributed by atoms with Crippen LogP contribution in [0.3, 0.4) is 0 Å². The van der Waals surface area contributed by atoms with E-state index in [0.717, 1.165) is 40.9 Å². The second-order valence-electron chi connectivity index (χ2n) is 8.23. The largest absolute Gasteiger partial charge is 0.496 e. The number of hydrogen-bond donors (Lipinski definition) is 1. The van der Waals surface area contributed by atoms with Crippen molar-refractivity contribution in [3.63, 3.8) is 0 Å². The molecule has 0 bridgehead atoms. The number of nitrogens with two attached hydrogens (primary N) is 1. The minimum Gasteiger partial charge on any atom is -0.496 e. The highest BCUT2D eigenvalue weighted by Crippen LogP contribution is 2.32. The van der Waals surface area contributed by atoms with Crippen LogP contribution in [0.25, 0.3) is 16.7 Å².